The molecule has 1 atom stereocenters. The molecule has 1 fully saturated rings. The molecule has 0 bridgehead atoms. The highest BCUT2D eigenvalue weighted by Gasteiger charge is 2.27. The lowest BCUT2D eigenvalue weighted by Crippen LogP contribution is -2.27. The number of nitrogens with zero attached hydrogens (tertiary/aromatic N) is 4. The first-order valence-corrected chi connectivity index (χ1v) is 12.8. The van der Waals surface area contributed by atoms with Crippen LogP contribution in [0.2, 0.25) is 0 Å². The monoisotopic (exact) mass is 449 g/mol. The van der Waals surface area contributed by atoms with Gasteiger partial charge in [0.05, 0.1) is 10.1 Å². The molecule has 3 heterocycles. The molecule has 1 aromatic heterocycles. The number of aryl methyl sites for hydroxylation is 1. The molecule has 10 heteroatoms. The maximum absolute atomic E-state index is 12.6. The zero-order chi connectivity index (χ0) is 21.1. The Hall–Kier alpha value is -1.91. The van der Waals surface area contributed by atoms with E-state index in [1.165, 1.54) is 22.5 Å². The van der Waals surface area contributed by atoms with E-state index in [1.807, 2.05) is 6.92 Å². The highest BCUT2D eigenvalue weighted by molar-refractivity contribution is 8.00. The fourth-order valence-electron chi connectivity index (χ4n) is 3.79. The summed E-state index contributed by atoms with van der Waals surface area (Å²) in [4.78, 5) is 12.9. The molecule has 1 N–H and O–H groups in total. The van der Waals surface area contributed by atoms with Gasteiger partial charge in [0, 0.05) is 31.7 Å². The van der Waals surface area contributed by atoms with Crippen LogP contribution in [0.25, 0.3) is 0 Å². The summed E-state index contributed by atoms with van der Waals surface area (Å²) in [5.74, 6) is 0.846. The molecule has 2 aromatic rings. The maximum Gasteiger partial charge on any atom is 0.243 e. The number of amides is 1. The summed E-state index contributed by atoms with van der Waals surface area (Å²) in [5, 5.41) is 11.8. The molecule has 4 rings (SSSR count). The standard InChI is InChI=1S/C20H27N5O3S2/c1-15(29-20-23-22-18-7-3-2-4-14-25(18)20)19(26)21-16-8-10-17(11-9-16)30(27,28)24-12-5-6-13-24/h8-11,15H,2-7,12-14H2,1H3,(H,21,26). The van der Waals surface area contributed by atoms with E-state index < -0.39 is 10.0 Å². The molecule has 0 aliphatic carbocycles. The minimum absolute atomic E-state index is 0.152. The van der Waals surface area contributed by atoms with Crippen LogP contribution in [0.5, 0.6) is 0 Å². The van der Waals surface area contributed by atoms with Crippen molar-refractivity contribution in [2.75, 3.05) is 18.4 Å². The Morgan fingerprint density at radius 3 is 2.47 bits per heavy atom. The molecule has 2 aliphatic heterocycles. The van der Waals surface area contributed by atoms with Crippen molar-refractivity contribution in [1.29, 1.82) is 0 Å². The van der Waals surface area contributed by atoms with E-state index in [0.29, 0.717) is 18.8 Å². The van der Waals surface area contributed by atoms with E-state index in [4.69, 9.17) is 0 Å². The van der Waals surface area contributed by atoms with Crippen LogP contribution in [0.3, 0.4) is 0 Å². The Labute approximate surface area is 181 Å². The number of benzene rings is 1. The van der Waals surface area contributed by atoms with E-state index in [2.05, 4.69) is 20.1 Å². The first-order chi connectivity index (χ1) is 14.4. The number of carbonyl (C=O) groups is 1. The van der Waals surface area contributed by atoms with Crippen LogP contribution in [0.15, 0.2) is 34.3 Å². The third-order valence-electron chi connectivity index (χ3n) is 5.55. The van der Waals surface area contributed by atoms with Crippen molar-refractivity contribution in [3.8, 4) is 0 Å². The van der Waals surface area contributed by atoms with Gasteiger partial charge in [-0.2, -0.15) is 4.31 Å². The topological polar surface area (TPSA) is 97.2 Å². The van der Waals surface area contributed by atoms with Crippen LogP contribution < -0.4 is 5.32 Å². The van der Waals surface area contributed by atoms with Gasteiger partial charge in [0.15, 0.2) is 5.16 Å². The average molecular weight is 450 g/mol. The van der Waals surface area contributed by atoms with E-state index in [-0.39, 0.29) is 16.1 Å². The molecule has 0 radical (unpaired) electrons. The highest BCUT2D eigenvalue weighted by Crippen LogP contribution is 2.27. The second-order valence-corrected chi connectivity index (χ2v) is 11.0. The van der Waals surface area contributed by atoms with Gasteiger partial charge in [-0.1, -0.05) is 18.2 Å². The zero-order valence-electron chi connectivity index (χ0n) is 17.1. The highest BCUT2D eigenvalue weighted by atomic mass is 32.2. The summed E-state index contributed by atoms with van der Waals surface area (Å²) in [5.41, 5.74) is 0.577. The molecule has 1 aromatic carbocycles. The number of hydrogen-bond donors (Lipinski definition) is 1. The van der Waals surface area contributed by atoms with Gasteiger partial charge in [-0.25, -0.2) is 8.42 Å². The van der Waals surface area contributed by atoms with E-state index >= 15 is 0 Å². The van der Waals surface area contributed by atoms with Crippen molar-refractivity contribution in [1.82, 2.24) is 19.1 Å². The lowest BCUT2D eigenvalue weighted by Gasteiger charge is -2.16. The Kier molecular flexibility index (Phi) is 6.45. The van der Waals surface area contributed by atoms with E-state index in [1.54, 1.807) is 24.3 Å². The van der Waals surface area contributed by atoms with Gasteiger partial charge >= 0.3 is 0 Å². The summed E-state index contributed by atoms with van der Waals surface area (Å²) in [6.45, 7) is 3.88. The summed E-state index contributed by atoms with van der Waals surface area (Å²) >= 11 is 1.40. The smallest absolute Gasteiger partial charge is 0.243 e. The van der Waals surface area contributed by atoms with Gasteiger partial charge in [-0.05, 0) is 56.9 Å². The number of aromatic nitrogens is 3. The second-order valence-electron chi connectivity index (χ2n) is 7.75. The largest absolute Gasteiger partial charge is 0.325 e. The molecule has 0 spiro atoms. The maximum atomic E-state index is 12.6. The van der Waals surface area contributed by atoms with Crippen molar-refractivity contribution < 1.29 is 13.2 Å². The number of nitrogens with one attached hydrogen (secondary N) is 1. The molecule has 8 nitrogen and oxygen atoms in total. The van der Waals surface area contributed by atoms with Gasteiger partial charge < -0.3 is 9.88 Å². The van der Waals surface area contributed by atoms with Crippen molar-refractivity contribution in [2.24, 2.45) is 0 Å². The predicted molar refractivity (Wildman–Crippen MR) is 116 cm³/mol. The number of fused-ring (bicyclic) bond motifs is 1. The molecule has 1 saturated heterocycles. The van der Waals surface area contributed by atoms with Crippen molar-refractivity contribution in [3.05, 3.63) is 30.1 Å². The van der Waals surface area contributed by atoms with E-state index in [0.717, 1.165) is 49.6 Å². The van der Waals surface area contributed by atoms with Crippen LogP contribution in [-0.4, -0.2) is 51.7 Å². The fraction of sp³-hybridized carbons (Fsp3) is 0.550. The second kappa shape index (κ2) is 9.07. The predicted octanol–water partition coefficient (Wildman–Crippen LogP) is 2.91. The van der Waals surface area contributed by atoms with Crippen molar-refractivity contribution in [3.63, 3.8) is 0 Å². The number of rotatable bonds is 6. The number of hydrogen-bond acceptors (Lipinski definition) is 6. The lowest BCUT2D eigenvalue weighted by molar-refractivity contribution is -0.115. The number of carbonyl (C=O) groups excluding carboxylic acids is 1. The van der Waals surface area contributed by atoms with Crippen molar-refractivity contribution in [2.45, 2.75) is 67.3 Å². The molecule has 2 aliphatic rings. The summed E-state index contributed by atoms with van der Waals surface area (Å²) in [6.07, 6.45) is 6.15. The lowest BCUT2D eigenvalue weighted by atomic mass is 10.2. The van der Waals surface area contributed by atoms with Crippen LogP contribution in [0.4, 0.5) is 5.69 Å². The van der Waals surface area contributed by atoms with Gasteiger partial charge in [0.1, 0.15) is 5.82 Å². The normalized spacial score (nSPS) is 18.6. The summed E-state index contributed by atoms with van der Waals surface area (Å²) < 4.78 is 28.9. The molecule has 162 valence electrons. The third-order valence-corrected chi connectivity index (χ3v) is 8.54. The zero-order valence-corrected chi connectivity index (χ0v) is 18.7. The molecule has 0 saturated carbocycles. The Morgan fingerprint density at radius 1 is 1.03 bits per heavy atom. The fourth-order valence-corrected chi connectivity index (χ4v) is 6.20. The molecule has 1 amide bonds. The van der Waals surface area contributed by atoms with Crippen molar-refractivity contribution >= 4 is 33.4 Å². The van der Waals surface area contributed by atoms with Gasteiger partial charge in [-0.15, -0.1) is 10.2 Å². The summed E-state index contributed by atoms with van der Waals surface area (Å²) in [7, 11) is -3.45. The Morgan fingerprint density at radius 2 is 1.73 bits per heavy atom. The molecule has 30 heavy (non-hydrogen) atoms. The van der Waals surface area contributed by atoms with E-state index in [9.17, 15) is 13.2 Å². The average Bonchev–Trinajstić information content (AvgIpc) is 3.34. The quantitative estimate of drug-likeness (QED) is 0.681. The van der Waals surface area contributed by atoms with Crippen LogP contribution in [0, 0.1) is 0 Å². The first-order valence-electron chi connectivity index (χ1n) is 10.4. The van der Waals surface area contributed by atoms with Gasteiger partial charge in [0.2, 0.25) is 15.9 Å². The number of thioether (sulfide) groups is 1. The number of anilines is 1. The van der Waals surface area contributed by atoms with Crippen LogP contribution in [-0.2, 0) is 27.8 Å². The van der Waals surface area contributed by atoms with Crippen LogP contribution >= 0.6 is 11.8 Å². The minimum atomic E-state index is -3.45. The Bertz CT molecular complexity index is 998. The molecular weight excluding hydrogens is 422 g/mol. The van der Waals surface area contributed by atoms with Gasteiger partial charge in [-0.3, -0.25) is 4.79 Å². The molecule has 1 unspecified atom stereocenters. The first kappa shape index (κ1) is 21.3. The minimum Gasteiger partial charge on any atom is -0.325 e. The summed E-state index contributed by atoms with van der Waals surface area (Å²) in [6, 6.07) is 6.39. The Balaban J connectivity index is 1.38. The molecular formula is C20H27N5O3S2. The SMILES string of the molecule is CC(Sc1nnc2n1CCCCC2)C(=O)Nc1ccc(S(=O)(=O)N2CCCC2)cc1. The van der Waals surface area contributed by atoms with Crippen LogP contribution in [0.1, 0.15) is 44.9 Å². The number of sulfonamides is 1. The third kappa shape index (κ3) is 4.55. The van der Waals surface area contributed by atoms with Gasteiger partial charge in [0.25, 0.3) is 0 Å².